The van der Waals surface area contributed by atoms with E-state index in [2.05, 4.69) is 0 Å². The van der Waals surface area contributed by atoms with Gasteiger partial charge in [-0.15, -0.1) is 0 Å². The molecule has 0 atom stereocenters. The number of nitrogens with zero attached hydrogens (tertiary/aromatic N) is 1. The molecule has 5 nitrogen and oxygen atoms in total. The molecule has 1 rings (SSSR count). The van der Waals surface area contributed by atoms with E-state index in [9.17, 15) is 9.59 Å². The molecule has 0 bridgehead atoms. The summed E-state index contributed by atoms with van der Waals surface area (Å²) in [5, 5.41) is 0. The Labute approximate surface area is 76.8 Å². The van der Waals surface area contributed by atoms with Crippen LogP contribution >= 0.6 is 0 Å². The summed E-state index contributed by atoms with van der Waals surface area (Å²) in [4.78, 5) is 23.5. The highest BCUT2D eigenvalue weighted by molar-refractivity contribution is 5.82. The number of morpholine rings is 1. The zero-order chi connectivity index (χ0) is 9.68. The van der Waals surface area contributed by atoms with E-state index < -0.39 is 5.91 Å². The number of ether oxygens (including phenoxy) is 1. The molecule has 0 radical (unpaired) electrons. The maximum Gasteiger partial charge on any atom is 0.223 e. The summed E-state index contributed by atoms with van der Waals surface area (Å²) in [6.07, 6.45) is 0.353. The van der Waals surface area contributed by atoms with Gasteiger partial charge in [-0.25, -0.2) is 0 Å². The van der Waals surface area contributed by atoms with Crippen LogP contribution in [0.3, 0.4) is 0 Å². The van der Waals surface area contributed by atoms with Gasteiger partial charge in [0.2, 0.25) is 11.8 Å². The minimum Gasteiger partial charge on any atom is -0.378 e. The highest BCUT2D eigenvalue weighted by Crippen LogP contribution is 2.01. The molecule has 1 aliphatic heterocycles. The summed E-state index contributed by atoms with van der Waals surface area (Å²) in [7, 11) is 0. The molecule has 13 heavy (non-hydrogen) atoms. The van der Waals surface area contributed by atoms with Gasteiger partial charge in [0.25, 0.3) is 0 Å². The van der Waals surface area contributed by atoms with Crippen molar-refractivity contribution in [3.8, 4) is 0 Å². The van der Waals surface area contributed by atoms with Gasteiger partial charge in [0.05, 0.1) is 13.2 Å². The number of hydrogen-bond acceptors (Lipinski definition) is 3. The minimum absolute atomic E-state index is 0.0119. The second-order valence-electron chi connectivity index (χ2n) is 2.96. The maximum absolute atomic E-state index is 11.4. The fraction of sp³-hybridized carbons (Fsp3) is 0.750. The quantitative estimate of drug-likeness (QED) is 0.621. The molecule has 0 aliphatic carbocycles. The molecule has 2 N–H and O–H groups in total. The zero-order valence-corrected chi connectivity index (χ0v) is 7.49. The molecule has 1 saturated heterocycles. The summed E-state index contributed by atoms with van der Waals surface area (Å²) in [6.45, 7) is 2.42. The molecule has 0 aromatic carbocycles. The predicted octanol–water partition coefficient (Wildman–Crippen LogP) is -0.889. The number of carbonyl (C=O) groups is 2. The lowest BCUT2D eigenvalue weighted by atomic mass is 10.2. The van der Waals surface area contributed by atoms with Crippen LogP contribution in [0.2, 0.25) is 0 Å². The van der Waals surface area contributed by atoms with Gasteiger partial charge in [-0.1, -0.05) is 0 Å². The fourth-order valence-electron chi connectivity index (χ4n) is 1.20. The Morgan fingerprint density at radius 3 is 2.38 bits per heavy atom. The first-order valence-corrected chi connectivity index (χ1v) is 4.34. The SMILES string of the molecule is NC(=O)CCC(=O)N1CCOCC1. The number of nitrogens with two attached hydrogens (primary N) is 1. The van der Waals surface area contributed by atoms with Crippen molar-refractivity contribution in [1.29, 1.82) is 0 Å². The predicted molar refractivity (Wildman–Crippen MR) is 45.8 cm³/mol. The van der Waals surface area contributed by atoms with E-state index in [1.54, 1.807) is 4.90 Å². The smallest absolute Gasteiger partial charge is 0.223 e. The van der Waals surface area contributed by atoms with Gasteiger partial charge in [0, 0.05) is 25.9 Å². The zero-order valence-electron chi connectivity index (χ0n) is 7.49. The van der Waals surface area contributed by atoms with Gasteiger partial charge < -0.3 is 15.4 Å². The lowest BCUT2D eigenvalue weighted by Crippen LogP contribution is -2.40. The maximum atomic E-state index is 11.4. The molecule has 1 aliphatic rings. The highest BCUT2D eigenvalue weighted by Gasteiger charge is 2.16. The van der Waals surface area contributed by atoms with Crippen LogP contribution in [0, 0.1) is 0 Å². The van der Waals surface area contributed by atoms with Crippen LogP contribution in [0.4, 0.5) is 0 Å². The summed E-state index contributed by atoms with van der Waals surface area (Å²) in [5.74, 6) is -0.441. The number of amides is 2. The number of hydrogen-bond donors (Lipinski definition) is 1. The summed E-state index contributed by atoms with van der Waals surface area (Å²) >= 11 is 0. The van der Waals surface area contributed by atoms with Crippen molar-refractivity contribution in [3.05, 3.63) is 0 Å². The summed E-state index contributed by atoms with van der Waals surface area (Å²) in [5.41, 5.74) is 4.94. The van der Waals surface area contributed by atoms with Crippen molar-refractivity contribution in [2.75, 3.05) is 26.3 Å². The Balaban J connectivity index is 2.25. The van der Waals surface area contributed by atoms with Crippen LogP contribution in [-0.4, -0.2) is 43.0 Å². The average molecular weight is 186 g/mol. The first-order valence-electron chi connectivity index (χ1n) is 4.34. The van der Waals surface area contributed by atoms with Gasteiger partial charge >= 0.3 is 0 Å². The third-order valence-corrected chi connectivity index (χ3v) is 1.95. The highest BCUT2D eigenvalue weighted by atomic mass is 16.5. The summed E-state index contributed by atoms with van der Waals surface area (Å²) < 4.78 is 5.09. The standard InChI is InChI=1S/C8H14N2O3/c9-7(11)1-2-8(12)10-3-5-13-6-4-10/h1-6H2,(H2,9,11). The molecule has 1 heterocycles. The van der Waals surface area contributed by atoms with E-state index in [1.807, 2.05) is 0 Å². The van der Waals surface area contributed by atoms with Crippen LogP contribution in [0.1, 0.15) is 12.8 Å². The van der Waals surface area contributed by atoms with Crippen molar-refractivity contribution >= 4 is 11.8 Å². The van der Waals surface area contributed by atoms with Crippen LogP contribution in [0.15, 0.2) is 0 Å². The van der Waals surface area contributed by atoms with E-state index >= 15 is 0 Å². The molecule has 0 saturated carbocycles. The monoisotopic (exact) mass is 186 g/mol. The van der Waals surface area contributed by atoms with Crippen molar-refractivity contribution in [2.24, 2.45) is 5.73 Å². The molecular formula is C8H14N2O3. The number of primary amides is 1. The van der Waals surface area contributed by atoms with E-state index in [0.29, 0.717) is 26.3 Å². The first kappa shape index (κ1) is 9.98. The molecule has 0 unspecified atom stereocenters. The number of carbonyl (C=O) groups excluding carboxylic acids is 2. The van der Waals surface area contributed by atoms with Crippen LogP contribution in [0.5, 0.6) is 0 Å². The van der Waals surface area contributed by atoms with E-state index in [1.165, 1.54) is 0 Å². The van der Waals surface area contributed by atoms with E-state index in [-0.39, 0.29) is 18.7 Å². The largest absolute Gasteiger partial charge is 0.378 e. The molecule has 0 aromatic heterocycles. The van der Waals surface area contributed by atoms with Gasteiger partial charge in [-0.2, -0.15) is 0 Å². The minimum atomic E-state index is -0.429. The van der Waals surface area contributed by atoms with Crippen molar-refractivity contribution in [2.45, 2.75) is 12.8 Å². The Morgan fingerprint density at radius 1 is 1.23 bits per heavy atom. The van der Waals surface area contributed by atoms with Crippen molar-refractivity contribution < 1.29 is 14.3 Å². The van der Waals surface area contributed by atoms with Gasteiger partial charge in [-0.05, 0) is 0 Å². The second-order valence-corrected chi connectivity index (χ2v) is 2.96. The third-order valence-electron chi connectivity index (χ3n) is 1.95. The Morgan fingerprint density at radius 2 is 1.85 bits per heavy atom. The third kappa shape index (κ3) is 3.42. The second kappa shape index (κ2) is 4.81. The van der Waals surface area contributed by atoms with Crippen LogP contribution in [-0.2, 0) is 14.3 Å². The lowest BCUT2D eigenvalue weighted by Gasteiger charge is -2.26. The Hall–Kier alpha value is -1.10. The molecule has 1 fully saturated rings. The van der Waals surface area contributed by atoms with E-state index in [4.69, 9.17) is 10.5 Å². The Bertz CT molecular complexity index is 200. The molecule has 0 aromatic rings. The average Bonchev–Trinajstić information content (AvgIpc) is 2.15. The topological polar surface area (TPSA) is 72.6 Å². The van der Waals surface area contributed by atoms with Crippen molar-refractivity contribution in [1.82, 2.24) is 4.90 Å². The lowest BCUT2D eigenvalue weighted by molar-refractivity contribution is -0.136. The van der Waals surface area contributed by atoms with Crippen molar-refractivity contribution in [3.63, 3.8) is 0 Å². The summed E-state index contributed by atoms with van der Waals surface area (Å²) in [6, 6.07) is 0. The molecule has 74 valence electrons. The molecular weight excluding hydrogens is 172 g/mol. The molecule has 0 spiro atoms. The van der Waals surface area contributed by atoms with Gasteiger partial charge in [0.1, 0.15) is 0 Å². The van der Waals surface area contributed by atoms with E-state index in [0.717, 1.165) is 0 Å². The van der Waals surface area contributed by atoms with Crippen LogP contribution in [0.25, 0.3) is 0 Å². The fourth-order valence-corrected chi connectivity index (χ4v) is 1.20. The molecule has 5 heteroatoms. The Kier molecular flexibility index (Phi) is 3.70. The first-order chi connectivity index (χ1) is 6.20. The molecule has 2 amide bonds. The van der Waals surface area contributed by atoms with Gasteiger partial charge in [-0.3, -0.25) is 9.59 Å². The van der Waals surface area contributed by atoms with Crippen LogP contribution < -0.4 is 5.73 Å². The normalized spacial score (nSPS) is 17.1. The van der Waals surface area contributed by atoms with Gasteiger partial charge in [0.15, 0.2) is 0 Å². The number of rotatable bonds is 3.